The van der Waals surface area contributed by atoms with Gasteiger partial charge in [0, 0.05) is 18.5 Å². The fourth-order valence-electron chi connectivity index (χ4n) is 2.40. The standard InChI is InChI=1S/C13H18FNO/c1-13(7-3-5-11(15)9-13)16-12-6-2-4-10(14)8-12/h2,4,6,8,11H,3,5,7,9,15H2,1H3. The Morgan fingerprint density at radius 3 is 3.00 bits per heavy atom. The molecule has 1 aliphatic rings. The van der Waals surface area contributed by atoms with Gasteiger partial charge in [0.15, 0.2) is 0 Å². The topological polar surface area (TPSA) is 35.2 Å². The molecule has 2 atom stereocenters. The van der Waals surface area contributed by atoms with Gasteiger partial charge in [-0.05, 0) is 38.3 Å². The molecule has 2 nitrogen and oxygen atoms in total. The van der Waals surface area contributed by atoms with E-state index in [1.807, 2.05) is 0 Å². The monoisotopic (exact) mass is 223 g/mol. The van der Waals surface area contributed by atoms with Gasteiger partial charge in [-0.25, -0.2) is 4.39 Å². The SMILES string of the molecule is CC1(Oc2cccc(F)c2)CCCC(N)C1. The van der Waals surface area contributed by atoms with Gasteiger partial charge in [-0.1, -0.05) is 6.07 Å². The van der Waals surface area contributed by atoms with Gasteiger partial charge < -0.3 is 10.5 Å². The highest BCUT2D eigenvalue weighted by Gasteiger charge is 2.32. The van der Waals surface area contributed by atoms with Crippen LogP contribution in [0.15, 0.2) is 24.3 Å². The summed E-state index contributed by atoms with van der Waals surface area (Å²) in [7, 11) is 0. The molecular weight excluding hydrogens is 205 g/mol. The average Bonchev–Trinajstić information content (AvgIpc) is 2.16. The summed E-state index contributed by atoms with van der Waals surface area (Å²) >= 11 is 0. The van der Waals surface area contributed by atoms with Crippen molar-refractivity contribution in [3.05, 3.63) is 30.1 Å². The fourth-order valence-corrected chi connectivity index (χ4v) is 2.40. The Morgan fingerprint density at radius 2 is 2.31 bits per heavy atom. The van der Waals surface area contributed by atoms with Crippen molar-refractivity contribution >= 4 is 0 Å². The first-order valence-electron chi connectivity index (χ1n) is 5.78. The van der Waals surface area contributed by atoms with E-state index in [1.54, 1.807) is 12.1 Å². The van der Waals surface area contributed by atoms with Gasteiger partial charge in [-0.3, -0.25) is 0 Å². The lowest BCUT2D eigenvalue weighted by atomic mass is 9.83. The third-order valence-electron chi connectivity index (χ3n) is 3.13. The minimum absolute atomic E-state index is 0.201. The Labute approximate surface area is 95.6 Å². The van der Waals surface area contributed by atoms with Crippen LogP contribution in [-0.2, 0) is 0 Å². The molecule has 1 aromatic carbocycles. The van der Waals surface area contributed by atoms with Gasteiger partial charge in [0.05, 0.1) is 0 Å². The van der Waals surface area contributed by atoms with Crippen LogP contribution in [0, 0.1) is 5.82 Å². The number of nitrogens with two attached hydrogens (primary N) is 1. The molecule has 2 N–H and O–H groups in total. The highest BCUT2D eigenvalue weighted by atomic mass is 19.1. The van der Waals surface area contributed by atoms with Crippen molar-refractivity contribution in [1.82, 2.24) is 0 Å². The van der Waals surface area contributed by atoms with Crippen molar-refractivity contribution in [1.29, 1.82) is 0 Å². The van der Waals surface area contributed by atoms with Crippen molar-refractivity contribution in [2.24, 2.45) is 5.73 Å². The average molecular weight is 223 g/mol. The minimum atomic E-state index is -0.263. The summed E-state index contributed by atoms with van der Waals surface area (Å²) in [5.41, 5.74) is 5.70. The molecule has 2 rings (SSSR count). The molecule has 1 aromatic rings. The second kappa shape index (κ2) is 4.42. The van der Waals surface area contributed by atoms with Gasteiger partial charge in [-0.15, -0.1) is 0 Å². The molecule has 3 heteroatoms. The van der Waals surface area contributed by atoms with Crippen LogP contribution in [0.4, 0.5) is 4.39 Å². The van der Waals surface area contributed by atoms with E-state index in [4.69, 9.17) is 10.5 Å². The number of benzene rings is 1. The molecule has 1 fully saturated rings. The molecule has 1 saturated carbocycles. The normalized spacial score (nSPS) is 30.1. The molecular formula is C13H18FNO. The van der Waals surface area contributed by atoms with Crippen LogP contribution in [0.1, 0.15) is 32.6 Å². The maximum absolute atomic E-state index is 13.0. The Hall–Kier alpha value is -1.09. The predicted octanol–water partition coefficient (Wildman–Crippen LogP) is 2.86. The Morgan fingerprint density at radius 1 is 1.50 bits per heavy atom. The molecule has 1 aliphatic carbocycles. The van der Waals surface area contributed by atoms with Gasteiger partial charge in [0.1, 0.15) is 17.2 Å². The maximum Gasteiger partial charge on any atom is 0.126 e. The first kappa shape index (κ1) is 11.4. The van der Waals surface area contributed by atoms with E-state index in [0.29, 0.717) is 5.75 Å². The third kappa shape index (κ3) is 2.73. The van der Waals surface area contributed by atoms with Crippen molar-refractivity contribution < 1.29 is 9.13 Å². The molecule has 2 unspecified atom stereocenters. The Kier molecular flexibility index (Phi) is 3.15. The first-order valence-corrected chi connectivity index (χ1v) is 5.78. The predicted molar refractivity (Wildman–Crippen MR) is 61.9 cm³/mol. The number of halogens is 1. The molecule has 0 spiro atoms. The van der Waals surface area contributed by atoms with Crippen LogP contribution in [0.3, 0.4) is 0 Å². The number of hydrogen-bond donors (Lipinski definition) is 1. The van der Waals surface area contributed by atoms with Crippen LogP contribution >= 0.6 is 0 Å². The summed E-state index contributed by atoms with van der Waals surface area (Å²) in [4.78, 5) is 0. The second-order valence-electron chi connectivity index (χ2n) is 4.87. The summed E-state index contributed by atoms with van der Waals surface area (Å²) in [6, 6.07) is 6.49. The van der Waals surface area contributed by atoms with Crippen LogP contribution in [0.5, 0.6) is 5.75 Å². The maximum atomic E-state index is 13.0. The second-order valence-corrected chi connectivity index (χ2v) is 4.87. The molecule has 0 radical (unpaired) electrons. The fraction of sp³-hybridized carbons (Fsp3) is 0.538. The molecule has 16 heavy (non-hydrogen) atoms. The molecule has 0 aliphatic heterocycles. The zero-order valence-corrected chi connectivity index (χ0v) is 9.58. The summed E-state index contributed by atoms with van der Waals surface area (Å²) in [5.74, 6) is 0.331. The van der Waals surface area contributed by atoms with Crippen LogP contribution in [0.2, 0.25) is 0 Å². The highest BCUT2D eigenvalue weighted by molar-refractivity contribution is 5.23. The van der Waals surface area contributed by atoms with Gasteiger partial charge >= 0.3 is 0 Å². The zero-order valence-electron chi connectivity index (χ0n) is 9.58. The molecule has 88 valence electrons. The smallest absolute Gasteiger partial charge is 0.126 e. The lowest BCUT2D eigenvalue weighted by molar-refractivity contribution is 0.0409. The van der Waals surface area contributed by atoms with E-state index in [0.717, 1.165) is 25.7 Å². The van der Waals surface area contributed by atoms with E-state index in [2.05, 4.69) is 6.92 Å². The third-order valence-corrected chi connectivity index (χ3v) is 3.13. The largest absolute Gasteiger partial charge is 0.487 e. The molecule has 0 heterocycles. The van der Waals surface area contributed by atoms with Crippen LogP contribution in [0.25, 0.3) is 0 Å². The van der Waals surface area contributed by atoms with Crippen molar-refractivity contribution in [3.63, 3.8) is 0 Å². The van der Waals surface area contributed by atoms with E-state index in [-0.39, 0.29) is 17.5 Å². The van der Waals surface area contributed by atoms with E-state index in [9.17, 15) is 4.39 Å². The highest BCUT2D eigenvalue weighted by Crippen LogP contribution is 2.32. The number of rotatable bonds is 2. The lowest BCUT2D eigenvalue weighted by Crippen LogP contribution is -2.43. The Bertz CT molecular complexity index is 369. The van der Waals surface area contributed by atoms with Gasteiger partial charge in [0.2, 0.25) is 0 Å². The van der Waals surface area contributed by atoms with E-state index >= 15 is 0 Å². The van der Waals surface area contributed by atoms with E-state index < -0.39 is 0 Å². The van der Waals surface area contributed by atoms with Gasteiger partial charge in [-0.2, -0.15) is 0 Å². The van der Waals surface area contributed by atoms with Gasteiger partial charge in [0.25, 0.3) is 0 Å². The summed E-state index contributed by atoms with van der Waals surface area (Å²) in [6.45, 7) is 2.05. The molecule has 0 aromatic heterocycles. The van der Waals surface area contributed by atoms with Crippen LogP contribution in [-0.4, -0.2) is 11.6 Å². The summed E-state index contributed by atoms with van der Waals surface area (Å²) in [6.07, 6.45) is 3.95. The molecule has 0 bridgehead atoms. The van der Waals surface area contributed by atoms with Crippen molar-refractivity contribution in [2.75, 3.05) is 0 Å². The summed E-state index contributed by atoms with van der Waals surface area (Å²) in [5, 5.41) is 0. The van der Waals surface area contributed by atoms with Crippen molar-refractivity contribution in [3.8, 4) is 5.75 Å². The summed E-state index contributed by atoms with van der Waals surface area (Å²) < 4.78 is 18.9. The van der Waals surface area contributed by atoms with Crippen LogP contribution < -0.4 is 10.5 Å². The van der Waals surface area contributed by atoms with E-state index in [1.165, 1.54) is 12.1 Å². The zero-order chi connectivity index (χ0) is 11.6. The quantitative estimate of drug-likeness (QED) is 0.836. The minimum Gasteiger partial charge on any atom is -0.487 e. The van der Waals surface area contributed by atoms with Crippen molar-refractivity contribution in [2.45, 2.75) is 44.2 Å². The molecule has 0 amide bonds. The number of hydrogen-bond acceptors (Lipinski definition) is 2. The Balaban J connectivity index is 2.08. The lowest BCUT2D eigenvalue weighted by Gasteiger charge is -2.37. The first-order chi connectivity index (χ1) is 7.57. The molecule has 0 saturated heterocycles. The number of ether oxygens (including phenoxy) is 1.